The van der Waals surface area contributed by atoms with Gasteiger partial charge in [-0.25, -0.2) is 0 Å². The number of likely N-dealkylation sites (N-methyl/N-ethyl adjacent to an activating group) is 2. The molecule has 0 amide bonds. The fourth-order valence-corrected chi connectivity index (χ4v) is 6.78. The molecule has 6 rings (SSSR count). The number of fused-ring (bicyclic) bond motifs is 4. The highest BCUT2D eigenvalue weighted by Gasteiger charge is 2.55. The van der Waals surface area contributed by atoms with Crippen molar-refractivity contribution in [1.82, 2.24) is 9.80 Å². The molecule has 4 bridgehead atoms. The zero-order valence-corrected chi connectivity index (χ0v) is 21.9. The summed E-state index contributed by atoms with van der Waals surface area (Å²) in [5.41, 5.74) is 1.21. The first-order valence-corrected chi connectivity index (χ1v) is 12.5. The normalized spacial score (nSPS) is 42.1. The summed E-state index contributed by atoms with van der Waals surface area (Å²) in [6.07, 6.45) is 5.43. The van der Waals surface area contributed by atoms with Gasteiger partial charge in [-0.05, 0) is 87.4 Å². The first-order valence-electron chi connectivity index (χ1n) is 12.5. The zero-order valence-electron chi connectivity index (χ0n) is 21.9. The molecule has 6 saturated carbocycles. The predicted octanol–water partition coefficient (Wildman–Crippen LogP) is 5.40. The number of rotatable bonds is 3. The molecule has 0 aromatic heterocycles. The van der Waals surface area contributed by atoms with Crippen LogP contribution in [-0.4, -0.2) is 66.8 Å². The van der Waals surface area contributed by atoms with Gasteiger partial charge >= 0.3 is 0 Å². The molecule has 6 aliphatic carbocycles. The molecule has 0 aromatic carbocycles. The summed E-state index contributed by atoms with van der Waals surface area (Å²) in [6, 6.07) is 0. The predicted molar refractivity (Wildman–Crippen MR) is 134 cm³/mol. The van der Waals surface area contributed by atoms with Crippen molar-refractivity contribution in [2.75, 3.05) is 41.3 Å². The largest absolute Gasteiger partial charge is 0.308 e. The summed E-state index contributed by atoms with van der Waals surface area (Å²) in [4.78, 5) is 4.36. The summed E-state index contributed by atoms with van der Waals surface area (Å²) in [5, 5.41) is 0. The molecule has 170 valence electrons. The molecule has 6 fully saturated rings. The van der Waals surface area contributed by atoms with Gasteiger partial charge in [-0.3, -0.25) is 0 Å². The number of hydrogen-bond donors (Lipinski definition) is 0. The lowest BCUT2D eigenvalue weighted by Gasteiger charge is -2.62. The zero-order chi connectivity index (χ0) is 23.0. The molecule has 8 atom stereocenters. The molecule has 0 aromatic rings. The van der Waals surface area contributed by atoms with Crippen molar-refractivity contribution in [1.29, 1.82) is 0 Å². The van der Waals surface area contributed by atoms with Gasteiger partial charge < -0.3 is 9.80 Å². The standard InChI is InChI=1S/2C10H17B.C6H16N2/c2*1-6-8-4-7(5-9(6)11)10(8,2)3;1-7(2)5-6-8(3)4/h2*6-9H,4-5H2,1-3H3;5-6H2,1-4H3/t2*6-,7?,8?,9-;/m11./s1. The monoisotopic (exact) mass is 412 g/mol. The molecule has 4 radical (unpaired) electrons. The Morgan fingerprint density at radius 1 is 0.633 bits per heavy atom. The van der Waals surface area contributed by atoms with Crippen molar-refractivity contribution in [3.05, 3.63) is 0 Å². The Hall–Kier alpha value is 0.0499. The van der Waals surface area contributed by atoms with Crippen LogP contribution in [0.3, 0.4) is 0 Å². The van der Waals surface area contributed by atoms with Gasteiger partial charge in [0.15, 0.2) is 0 Å². The van der Waals surface area contributed by atoms with Gasteiger partial charge in [-0.1, -0.05) is 66.0 Å². The van der Waals surface area contributed by atoms with Crippen LogP contribution in [0, 0.1) is 46.3 Å². The molecule has 0 heterocycles. The maximum atomic E-state index is 6.02. The third kappa shape index (κ3) is 5.51. The van der Waals surface area contributed by atoms with Gasteiger partial charge in [0, 0.05) is 13.1 Å². The Bertz CT molecular complexity index is 497. The van der Waals surface area contributed by atoms with Gasteiger partial charge in [0.05, 0.1) is 15.7 Å². The fraction of sp³-hybridized carbons (Fsp3) is 1.00. The molecule has 30 heavy (non-hydrogen) atoms. The van der Waals surface area contributed by atoms with Crippen LogP contribution in [0.2, 0.25) is 11.6 Å². The molecule has 0 aliphatic heterocycles. The van der Waals surface area contributed by atoms with Crippen LogP contribution < -0.4 is 0 Å². The van der Waals surface area contributed by atoms with Crippen LogP contribution in [0.5, 0.6) is 0 Å². The highest BCUT2D eigenvalue weighted by Crippen LogP contribution is 2.64. The van der Waals surface area contributed by atoms with Gasteiger partial charge in [0.1, 0.15) is 0 Å². The molecule has 4 unspecified atom stereocenters. The van der Waals surface area contributed by atoms with E-state index in [1.807, 2.05) is 0 Å². The summed E-state index contributed by atoms with van der Waals surface area (Å²) < 4.78 is 0. The lowest BCUT2D eigenvalue weighted by Crippen LogP contribution is -2.53. The van der Waals surface area contributed by atoms with E-state index in [-0.39, 0.29) is 0 Å². The van der Waals surface area contributed by atoms with Crippen LogP contribution >= 0.6 is 0 Å². The maximum Gasteiger partial charge on any atom is 0.0703 e. The molecular weight excluding hydrogens is 362 g/mol. The highest BCUT2D eigenvalue weighted by molar-refractivity contribution is 6.12. The fourth-order valence-electron chi connectivity index (χ4n) is 6.78. The van der Waals surface area contributed by atoms with Gasteiger partial charge in [0.25, 0.3) is 0 Å². The Balaban J connectivity index is 0.000000163. The third-order valence-corrected chi connectivity index (χ3v) is 9.82. The minimum Gasteiger partial charge on any atom is -0.308 e. The highest BCUT2D eigenvalue weighted by atomic mass is 15.1. The van der Waals surface area contributed by atoms with Crippen LogP contribution in [-0.2, 0) is 0 Å². The van der Waals surface area contributed by atoms with E-state index < -0.39 is 0 Å². The molecule has 0 saturated heterocycles. The van der Waals surface area contributed by atoms with Crippen LogP contribution in [0.15, 0.2) is 0 Å². The van der Waals surface area contributed by atoms with Crippen LogP contribution in [0.4, 0.5) is 0 Å². The van der Waals surface area contributed by atoms with E-state index in [0.29, 0.717) is 22.5 Å². The Labute approximate surface area is 192 Å². The topological polar surface area (TPSA) is 6.48 Å². The minimum absolute atomic E-state index is 0.492. The molecule has 0 N–H and O–H groups in total. The lowest BCUT2D eigenvalue weighted by atomic mass is 9.41. The molecular formula is C26H50B2N2. The van der Waals surface area contributed by atoms with Crippen molar-refractivity contribution in [3.8, 4) is 0 Å². The second-order valence-electron chi connectivity index (χ2n) is 12.8. The summed E-state index contributed by atoms with van der Waals surface area (Å²) in [7, 11) is 20.4. The third-order valence-electron chi connectivity index (χ3n) is 9.82. The van der Waals surface area contributed by atoms with E-state index in [2.05, 4.69) is 79.5 Å². The second-order valence-corrected chi connectivity index (χ2v) is 12.8. The number of nitrogens with zero attached hydrogens (tertiary/aromatic N) is 2. The van der Waals surface area contributed by atoms with Crippen molar-refractivity contribution in [2.24, 2.45) is 46.3 Å². The summed E-state index contributed by atoms with van der Waals surface area (Å²) >= 11 is 0. The van der Waals surface area contributed by atoms with E-state index in [4.69, 9.17) is 15.7 Å². The van der Waals surface area contributed by atoms with Crippen LogP contribution in [0.1, 0.15) is 67.2 Å². The van der Waals surface area contributed by atoms with E-state index in [1.165, 1.54) is 25.7 Å². The average molecular weight is 412 g/mol. The summed E-state index contributed by atoms with van der Waals surface area (Å²) in [5.74, 6) is 6.19. The molecule has 4 heteroatoms. The van der Waals surface area contributed by atoms with E-state index in [0.717, 1.165) is 48.6 Å². The minimum atomic E-state index is 0.492. The molecule has 2 nitrogen and oxygen atoms in total. The van der Waals surface area contributed by atoms with Gasteiger partial charge in [0.2, 0.25) is 0 Å². The molecule has 6 aliphatic rings. The SMILES string of the molecule is CN(C)CCN(C)C.[B][C@@H]1CC2CC([C@H]1C)C2(C)C.[B][C@@H]1CC2CC([C@H]1C)C2(C)C. The lowest BCUT2D eigenvalue weighted by molar-refractivity contribution is -0.0980. The Kier molecular flexibility index (Phi) is 8.68. The second kappa shape index (κ2) is 9.90. The van der Waals surface area contributed by atoms with Crippen molar-refractivity contribution in [3.63, 3.8) is 0 Å². The van der Waals surface area contributed by atoms with E-state index in [9.17, 15) is 0 Å². The number of hydrogen-bond acceptors (Lipinski definition) is 2. The van der Waals surface area contributed by atoms with Crippen molar-refractivity contribution >= 4 is 15.7 Å². The quantitative estimate of drug-likeness (QED) is 0.573. The van der Waals surface area contributed by atoms with Crippen LogP contribution in [0.25, 0.3) is 0 Å². The van der Waals surface area contributed by atoms with Gasteiger partial charge in [-0.2, -0.15) is 0 Å². The first kappa shape index (κ1) is 26.3. The Morgan fingerprint density at radius 3 is 1.10 bits per heavy atom. The summed E-state index contributed by atoms with van der Waals surface area (Å²) in [6.45, 7) is 16.6. The smallest absolute Gasteiger partial charge is 0.0703 e. The first-order chi connectivity index (χ1) is 13.7. The van der Waals surface area contributed by atoms with E-state index in [1.54, 1.807) is 0 Å². The average Bonchev–Trinajstić information content (AvgIpc) is 2.64. The Morgan fingerprint density at radius 2 is 0.933 bits per heavy atom. The van der Waals surface area contributed by atoms with E-state index >= 15 is 0 Å². The van der Waals surface area contributed by atoms with Gasteiger partial charge in [-0.15, -0.1) is 0 Å². The van der Waals surface area contributed by atoms with Crippen molar-refractivity contribution < 1.29 is 0 Å². The molecule has 0 spiro atoms. The maximum absolute atomic E-state index is 6.02. The van der Waals surface area contributed by atoms with Crippen molar-refractivity contribution in [2.45, 2.75) is 78.9 Å².